The molecule has 2 N–H and O–H groups in total. The molecule has 0 spiro atoms. The molecule has 0 aliphatic heterocycles. The molecule has 0 unspecified atom stereocenters. The number of halogens is 2. The summed E-state index contributed by atoms with van der Waals surface area (Å²) in [7, 11) is 0. The van der Waals surface area contributed by atoms with Crippen LogP contribution in [0, 0.1) is 0 Å². The smallest absolute Gasteiger partial charge is 0.251 e. The van der Waals surface area contributed by atoms with E-state index in [1.54, 1.807) is 36.5 Å². The Morgan fingerprint density at radius 2 is 1.83 bits per heavy atom. The zero-order valence-electron chi connectivity index (χ0n) is 16.5. The number of aryl methyl sites for hydroxylation is 1. The third-order valence-electron chi connectivity index (χ3n) is 4.17. The van der Waals surface area contributed by atoms with Crippen molar-refractivity contribution in [3.8, 4) is 11.3 Å². The molecular weight excluding hydrogens is 425 g/mol. The first-order chi connectivity index (χ1) is 14.3. The van der Waals surface area contributed by atoms with Gasteiger partial charge in [0, 0.05) is 35.0 Å². The molecule has 0 radical (unpaired) electrons. The number of nitrogens with one attached hydrogen (secondary N) is 2. The summed E-state index contributed by atoms with van der Waals surface area (Å²) >= 11 is 12.1. The van der Waals surface area contributed by atoms with Gasteiger partial charge < -0.3 is 15.1 Å². The summed E-state index contributed by atoms with van der Waals surface area (Å²) in [5.41, 5.74) is 1.65. The van der Waals surface area contributed by atoms with Crippen LogP contribution in [0.4, 0.5) is 5.69 Å². The summed E-state index contributed by atoms with van der Waals surface area (Å²) < 4.78 is 5.71. The highest BCUT2D eigenvalue weighted by atomic mass is 35.5. The minimum atomic E-state index is -0.260. The molecule has 0 saturated heterocycles. The highest BCUT2D eigenvalue weighted by Gasteiger charge is 2.13. The maximum atomic E-state index is 12.4. The van der Waals surface area contributed by atoms with E-state index in [1.165, 1.54) is 0 Å². The van der Waals surface area contributed by atoms with E-state index in [-0.39, 0.29) is 24.3 Å². The van der Waals surface area contributed by atoms with Crippen LogP contribution in [-0.4, -0.2) is 22.8 Å². The Morgan fingerprint density at radius 1 is 1.10 bits per heavy atom. The maximum Gasteiger partial charge on any atom is 0.251 e. The Hall–Kier alpha value is -2.83. The van der Waals surface area contributed by atoms with Crippen molar-refractivity contribution >= 4 is 40.7 Å². The van der Waals surface area contributed by atoms with Crippen molar-refractivity contribution in [1.29, 1.82) is 0 Å². The Morgan fingerprint density at radius 3 is 2.53 bits per heavy atom. The fourth-order valence-corrected chi connectivity index (χ4v) is 3.01. The molecule has 8 heteroatoms. The third-order valence-corrected chi connectivity index (χ3v) is 4.75. The number of aromatic nitrogens is 1. The second-order valence-corrected chi connectivity index (χ2v) is 7.84. The topological polar surface area (TPSA) is 84.2 Å². The summed E-state index contributed by atoms with van der Waals surface area (Å²) in [5, 5.41) is 6.53. The Bertz CT molecular complexity index is 1050. The Kier molecular flexibility index (Phi) is 7.13. The third kappa shape index (κ3) is 5.84. The average molecular weight is 446 g/mol. The van der Waals surface area contributed by atoms with Gasteiger partial charge in [0.15, 0.2) is 11.7 Å². The van der Waals surface area contributed by atoms with E-state index >= 15 is 0 Å². The molecular formula is C22H21Cl2N3O3. The molecule has 3 rings (SSSR count). The molecule has 30 heavy (non-hydrogen) atoms. The lowest BCUT2D eigenvalue weighted by atomic mass is 10.1. The first kappa shape index (κ1) is 21.9. The lowest BCUT2D eigenvalue weighted by molar-refractivity contribution is -0.116. The molecule has 3 aromatic rings. The number of carbonyl (C=O) groups excluding carboxylic acids is 2. The van der Waals surface area contributed by atoms with Gasteiger partial charge in [-0.1, -0.05) is 23.2 Å². The lowest BCUT2D eigenvalue weighted by Crippen LogP contribution is -2.30. The maximum absolute atomic E-state index is 12.4. The summed E-state index contributed by atoms with van der Waals surface area (Å²) in [6, 6.07) is 12.0. The summed E-state index contributed by atoms with van der Waals surface area (Å²) in [4.78, 5) is 28.7. The predicted octanol–water partition coefficient (Wildman–Crippen LogP) is 5.36. The zero-order chi connectivity index (χ0) is 21.7. The van der Waals surface area contributed by atoms with Crippen LogP contribution in [0.2, 0.25) is 10.0 Å². The van der Waals surface area contributed by atoms with Crippen LogP contribution in [0.5, 0.6) is 0 Å². The zero-order valence-corrected chi connectivity index (χ0v) is 18.1. The molecule has 0 aliphatic carbocycles. The molecule has 0 bridgehead atoms. The largest absolute Gasteiger partial charge is 0.441 e. The van der Waals surface area contributed by atoms with Gasteiger partial charge in [-0.2, -0.15) is 0 Å². The van der Waals surface area contributed by atoms with Crippen LogP contribution in [0.3, 0.4) is 0 Å². The second-order valence-electron chi connectivity index (χ2n) is 7.00. The molecule has 1 heterocycles. The van der Waals surface area contributed by atoms with Crippen molar-refractivity contribution in [3.05, 3.63) is 70.2 Å². The van der Waals surface area contributed by atoms with Crippen molar-refractivity contribution in [1.82, 2.24) is 10.3 Å². The van der Waals surface area contributed by atoms with Gasteiger partial charge in [0.2, 0.25) is 5.91 Å². The van der Waals surface area contributed by atoms with Gasteiger partial charge in [0.25, 0.3) is 5.91 Å². The number of benzene rings is 2. The normalized spacial score (nSPS) is 10.8. The number of nitrogens with zero attached hydrogens (tertiary/aromatic N) is 1. The van der Waals surface area contributed by atoms with Crippen LogP contribution in [0.15, 0.2) is 53.1 Å². The molecule has 0 saturated carbocycles. The van der Waals surface area contributed by atoms with Gasteiger partial charge in [0.05, 0.1) is 16.9 Å². The molecule has 0 aliphatic rings. The highest BCUT2D eigenvalue weighted by Crippen LogP contribution is 2.25. The monoisotopic (exact) mass is 445 g/mol. The first-order valence-corrected chi connectivity index (χ1v) is 10.2. The van der Waals surface area contributed by atoms with Crippen LogP contribution < -0.4 is 10.6 Å². The predicted molar refractivity (Wildman–Crippen MR) is 118 cm³/mol. The Balaban J connectivity index is 1.60. The van der Waals surface area contributed by atoms with E-state index < -0.39 is 0 Å². The van der Waals surface area contributed by atoms with Crippen molar-refractivity contribution in [3.63, 3.8) is 0 Å². The molecule has 2 amide bonds. The fourth-order valence-electron chi connectivity index (χ4n) is 2.71. The molecule has 0 atom stereocenters. The van der Waals surface area contributed by atoms with Crippen LogP contribution in [-0.2, 0) is 11.2 Å². The second kappa shape index (κ2) is 9.78. The van der Waals surface area contributed by atoms with Crippen LogP contribution in [0.25, 0.3) is 11.3 Å². The number of hydrogen-bond acceptors (Lipinski definition) is 4. The molecule has 156 valence electrons. The number of rotatable bonds is 7. The van der Waals surface area contributed by atoms with Crippen LogP contribution >= 0.6 is 23.2 Å². The molecule has 0 fully saturated rings. The summed E-state index contributed by atoms with van der Waals surface area (Å²) in [6.45, 7) is 3.75. The highest BCUT2D eigenvalue weighted by molar-refractivity contribution is 6.34. The Labute approximate surface area is 184 Å². The van der Waals surface area contributed by atoms with Crippen molar-refractivity contribution < 1.29 is 14.0 Å². The van der Waals surface area contributed by atoms with Gasteiger partial charge in [-0.3, -0.25) is 9.59 Å². The first-order valence-electron chi connectivity index (χ1n) is 9.42. The van der Waals surface area contributed by atoms with Gasteiger partial charge in [-0.25, -0.2) is 4.98 Å². The molecule has 6 nitrogen and oxygen atoms in total. The summed E-state index contributed by atoms with van der Waals surface area (Å²) in [5.74, 6) is 0.566. The van der Waals surface area contributed by atoms with E-state index in [1.807, 2.05) is 26.0 Å². The van der Waals surface area contributed by atoms with E-state index in [0.29, 0.717) is 39.4 Å². The van der Waals surface area contributed by atoms with E-state index in [2.05, 4.69) is 15.6 Å². The van der Waals surface area contributed by atoms with Gasteiger partial charge in [-0.05, 0) is 56.3 Å². The number of amides is 2. The van der Waals surface area contributed by atoms with Crippen LogP contribution in [0.1, 0.15) is 36.5 Å². The minimum absolute atomic E-state index is 0.00442. The van der Waals surface area contributed by atoms with E-state index in [4.69, 9.17) is 27.6 Å². The quantitative estimate of drug-likeness (QED) is 0.512. The molecule has 2 aromatic carbocycles. The minimum Gasteiger partial charge on any atom is -0.441 e. The lowest BCUT2D eigenvalue weighted by Gasteiger charge is -2.11. The number of carbonyl (C=O) groups is 2. The number of anilines is 1. The number of oxazole rings is 1. The van der Waals surface area contributed by atoms with Gasteiger partial charge >= 0.3 is 0 Å². The van der Waals surface area contributed by atoms with E-state index in [0.717, 1.165) is 5.56 Å². The summed E-state index contributed by atoms with van der Waals surface area (Å²) in [6.07, 6.45) is 2.09. The van der Waals surface area contributed by atoms with Gasteiger partial charge in [0.1, 0.15) is 0 Å². The standard InChI is InChI=1S/C22H21Cl2N3O3/c1-13(2)26-22(29)15-5-8-17(24)18(11-15)27-20(28)9-10-21-25-12-19(30-21)14-3-6-16(23)7-4-14/h3-8,11-13H,9-10H2,1-2H3,(H,26,29)(H,27,28). The van der Waals surface area contributed by atoms with Crippen molar-refractivity contribution in [2.75, 3.05) is 5.32 Å². The van der Waals surface area contributed by atoms with Crippen molar-refractivity contribution in [2.24, 2.45) is 0 Å². The van der Waals surface area contributed by atoms with Gasteiger partial charge in [-0.15, -0.1) is 0 Å². The van der Waals surface area contributed by atoms with E-state index in [9.17, 15) is 9.59 Å². The van der Waals surface area contributed by atoms with Crippen molar-refractivity contribution in [2.45, 2.75) is 32.7 Å². The molecule has 1 aromatic heterocycles. The number of hydrogen-bond donors (Lipinski definition) is 2. The fraction of sp³-hybridized carbons (Fsp3) is 0.227. The average Bonchev–Trinajstić information content (AvgIpc) is 3.17. The SMILES string of the molecule is CC(C)NC(=O)c1ccc(Cl)c(NC(=O)CCc2ncc(-c3ccc(Cl)cc3)o2)c1.